The van der Waals surface area contributed by atoms with Gasteiger partial charge in [-0.15, -0.1) is 0 Å². The van der Waals surface area contributed by atoms with Crippen molar-refractivity contribution in [1.29, 1.82) is 0 Å². The Labute approximate surface area is 115 Å². The van der Waals surface area contributed by atoms with Crippen LogP contribution in [0.3, 0.4) is 0 Å². The van der Waals surface area contributed by atoms with E-state index in [9.17, 15) is 9.50 Å². The van der Waals surface area contributed by atoms with Crippen molar-refractivity contribution in [3.63, 3.8) is 0 Å². The maximum Gasteiger partial charge on any atom is 0.142 e. The van der Waals surface area contributed by atoms with Crippen LogP contribution in [0.1, 0.15) is 17.2 Å². The van der Waals surface area contributed by atoms with E-state index in [4.69, 9.17) is 23.2 Å². The lowest BCUT2D eigenvalue weighted by Crippen LogP contribution is -2.02. The lowest BCUT2D eigenvalue weighted by molar-refractivity contribution is 0.178. The van der Waals surface area contributed by atoms with Gasteiger partial charge in [0, 0.05) is 11.4 Å². The molecule has 0 aliphatic rings. The van der Waals surface area contributed by atoms with Crippen molar-refractivity contribution in [1.82, 2.24) is 0 Å². The maximum atomic E-state index is 13.3. The van der Waals surface area contributed by atoms with E-state index in [0.29, 0.717) is 17.0 Å². The molecule has 0 amide bonds. The lowest BCUT2D eigenvalue weighted by Gasteiger charge is -2.11. The second-order valence-electron chi connectivity index (χ2n) is 4.02. The number of aliphatic hydroxyl groups excluding tert-OH is 1. The monoisotopic (exact) mass is 284 g/mol. The highest BCUT2D eigenvalue weighted by molar-refractivity contribution is 6.30. The summed E-state index contributed by atoms with van der Waals surface area (Å²) in [6.45, 7) is 0. The van der Waals surface area contributed by atoms with E-state index in [2.05, 4.69) is 0 Å². The van der Waals surface area contributed by atoms with Gasteiger partial charge in [-0.2, -0.15) is 0 Å². The van der Waals surface area contributed by atoms with E-state index in [1.165, 1.54) is 12.1 Å². The fraction of sp³-hybridized carbons (Fsp3) is 0.143. The third kappa shape index (κ3) is 3.22. The molecule has 0 radical (unpaired) electrons. The molecule has 18 heavy (non-hydrogen) atoms. The minimum absolute atomic E-state index is 0.0497. The van der Waals surface area contributed by atoms with Gasteiger partial charge in [-0.1, -0.05) is 41.4 Å². The number of rotatable bonds is 3. The van der Waals surface area contributed by atoms with E-state index < -0.39 is 11.9 Å². The van der Waals surface area contributed by atoms with Crippen LogP contribution in [0.5, 0.6) is 0 Å². The normalized spacial score (nSPS) is 12.4. The molecule has 1 N–H and O–H groups in total. The molecular weight excluding hydrogens is 274 g/mol. The Bertz CT molecular complexity index is 557. The standard InChI is InChI=1S/C14H11Cl2FO/c15-11-3-1-2-9(6-11)7-14(18)10-4-5-12(16)13(17)8-10/h1-6,8,14,18H,7H2. The maximum absolute atomic E-state index is 13.3. The van der Waals surface area contributed by atoms with E-state index in [-0.39, 0.29) is 5.02 Å². The number of hydrogen-bond acceptors (Lipinski definition) is 1. The molecule has 1 atom stereocenters. The first kappa shape index (κ1) is 13.3. The molecule has 2 rings (SSSR count). The van der Waals surface area contributed by atoms with E-state index in [0.717, 1.165) is 5.56 Å². The Hall–Kier alpha value is -1.09. The summed E-state index contributed by atoms with van der Waals surface area (Å²) >= 11 is 11.5. The smallest absolute Gasteiger partial charge is 0.142 e. The highest BCUT2D eigenvalue weighted by Crippen LogP contribution is 2.23. The van der Waals surface area contributed by atoms with Crippen molar-refractivity contribution in [3.05, 3.63) is 69.5 Å². The predicted molar refractivity (Wildman–Crippen MR) is 71.5 cm³/mol. The first-order chi connectivity index (χ1) is 8.56. The Kier molecular flexibility index (Phi) is 4.23. The Morgan fingerprint density at radius 3 is 2.56 bits per heavy atom. The zero-order chi connectivity index (χ0) is 13.1. The zero-order valence-corrected chi connectivity index (χ0v) is 10.9. The van der Waals surface area contributed by atoms with Crippen LogP contribution in [-0.4, -0.2) is 5.11 Å². The zero-order valence-electron chi connectivity index (χ0n) is 9.41. The summed E-state index contributed by atoms with van der Waals surface area (Å²) in [6.07, 6.45) is -0.406. The van der Waals surface area contributed by atoms with Gasteiger partial charge in [0.15, 0.2) is 0 Å². The van der Waals surface area contributed by atoms with Crippen molar-refractivity contribution in [2.75, 3.05) is 0 Å². The third-order valence-corrected chi connectivity index (χ3v) is 3.19. The molecule has 4 heteroatoms. The van der Waals surface area contributed by atoms with Gasteiger partial charge in [0.1, 0.15) is 5.82 Å². The SMILES string of the molecule is OC(Cc1cccc(Cl)c1)c1ccc(Cl)c(F)c1. The molecular formula is C14H11Cl2FO. The topological polar surface area (TPSA) is 20.2 Å². The van der Waals surface area contributed by atoms with Crippen molar-refractivity contribution >= 4 is 23.2 Å². The molecule has 0 aliphatic carbocycles. The first-order valence-electron chi connectivity index (χ1n) is 5.44. The van der Waals surface area contributed by atoms with Crippen LogP contribution in [0.2, 0.25) is 10.0 Å². The van der Waals surface area contributed by atoms with Crippen molar-refractivity contribution < 1.29 is 9.50 Å². The average Bonchev–Trinajstić information content (AvgIpc) is 2.32. The van der Waals surface area contributed by atoms with Gasteiger partial charge in [0.05, 0.1) is 11.1 Å². The summed E-state index contributed by atoms with van der Waals surface area (Å²) in [5.41, 5.74) is 1.39. The molecule has 0 heterocycles. The van der Waals surface area contributed by atoms with Crippen LogP contribution in [-0.2, 0) is 6.42 Å². The van der Waals surface area contributed by atoms with Crippen LogP contribution in [0.4, 0.5) is 4.39 Å². The summed E-state index contributed by atoms with van der Waals surface area (Å²) in [5.74, 6) is -0.528. The summed E-state index contributed by atoms with van der Waals surface area (Å²) in [7, 11) is 0. The highest BCUT2D eigenvalue weighted by Gasteiger charge is 2.11. The molecule has 2 aromatic rings. The molecule has 0 bridgehead atoms. The largest absolute Gasteiger partial charge is 0.388 e. The van der Waals surface area contributed by atoms with E-state index in [1.54, 1.807) is 18.2 Å². The summed E-state index contributed by atoms with van der Waals surface area (Å²) < 4.78 is 13.3. The molecule has 2 aromatic carbocycles. The summed E-state index contributed by atoms with van der Waals surface area (Å²) in [5, 5.41) is 10.7. The van der Waals surface area contributed by atoms with Crippen LogP contribution in [0, 0.1) is 5.82 Å². The fourth-order valence-electron chi connectivity index (χ4n) is 1.72. The van der Waals surface area contributed by atoms with E-state index in [1.807, 2.05) is 12.1 Å². The first-order valence-corrected chi connectivity index (χ1v) is 6.19. The quantitative estimate of drug-likeness (QED) is 0.885. The second kappa shape index (κ2) is 5.70. The van der Waals surface area contributed by atoms with Crippen molar-refractivity contribution in [3.8, 4) is 0 Å². The van der Waals surface area contributed by atoms with Gasteiger partial charge in [0.2, 0.25) is 0 Å². The van der Waals surface area contributed by atoms with Crippen LogP contribution in [0.25, 0.3) is 0 Å². The van der Waals surface area contributed by atoms with Gasteiger partial charge in [-0.25, -0.2) is 4.39 Å². The number of benzene rings is 2. The number of aliphatic hydroxyl groups is 1. The van der Waals surface area contributed by atoms with Gasteiger partial charge >= 0.3 is 0 Å². The van der Waals surface area contributed by atoms with Crippen molar-refractivity contribution in [2.24, 2.45) is 0 Å². The van der Waals surface area contributed by atoms with Gasteiger partial charge in [0.25, 0.3) is 0 Å². The summed E-state index contributed by atoms with van der Waals surface area (Å²) in [4.78, 5) is 0. The number of hydrogen-bond donors (Lipinski definition) is 1. The number of halogens is 3. The molecule has 1 nitrogen and oxygen atoms in total. The Morgan fingerprint density at radius 2 is 1.89 bits per heavy atom. The van der Waals surface area contributed by atoms with Gasteiger partial charge < -0.3 is 5.11 Å². The van der Waals surface area contributed by atoms with Crippen molar-refractivity contribution in [2.45, 2.75) is 12.5 Å². The van der Waals surface area contributed by atoms with Gasteiger partial charge in [-0.05, 0) is 35.4 Å². The highest BCUT2D eigenvalue weighted by atomic mass is 35.5. The predicted octanol–water partition coefficient (Wildman–Crippen LogP) is 4.41. The second-order valence-corrected chi connectivity index (χ2v) is 4.87. The van der Waals surface area contributed by atoms with Crippen LogP contribution < -0.4 is 0 Å². The molecule has 0 aromatic heterocycles. The van der Waals surface area contributed by atoms with Crippen LogP contribution in [0.15, 0.2) is 42.5 Å². The minimum atomic E-state index is -0.782. The minimum Gasteiger partial charge on any atom is -0.388 e. The molecule has 1 unspecified atom stereocenters. The Balaban J connectivity index is 2.16. The van der Waals surface area contributed by atoms with Crippen LogP contribution >= 0.6 is 23.2 Å². The third-order valence-electron chi connectivity index (χ3n) is 2.65. The fourth-order valence-corrected chi connectivity index (χ4v) is 2.06. The molecule has 0 saturated carbocycles. The molecule has 94 valence electrons. The molecule has 0 aliphatic heterocycles. The van der Waals surface area contributed by atoms with Gasteiger partial charge in [-0.3, -0.25) is 0 Å². The average molecular weight is 285 g/mol. The molecule has 0 saturated heterocycles. The Morgan fingerprint density at radius 1 is 1.11 bits per heavy atom. The molecule has 0 spiro atoms. The van der Waals surface area contributed by atoms with E-state index >= 15 is 0 Å². The molecule has 0 fully saturated rings. The lowest BCUT2D eigenvalue weighted by atomic mass is 10.0. The summed E-state index contributed by atoms with van der Waals surface area (Å²) in [6, 6.07) is 11.5.